The minimum absolute atomic E-state index is 0.107. The molecular weight excluding hydrogens is 376 g/mol. The predicted octanol–water partition coefficient (Wildman–Crippen LogP) is 3.14. The van der Waals surface area contributed by atoms with Crippen molar-refractivity contribution in [2.45, 2.75) is 68.9 Å². The second-order valence-corrected chi connectivity index (χ2v) is 9.86. The molecule has 3 heterocycles. The van der Waals surface area contributed by atoms with Gasteiger partial charge in [-0.25, -0.2) is 0 Å². The molecule has 3 aliphatic heterocycles. The fourth-order valence-electron chi connectivity index (χ4n) is 5.03. The van der Waals surface area contributed by atoms with Gasteiger partial charge in [-0.15, -0.1) is 11.8 Å². The molecule has 2 saturated heterocycles. The van der Waals surface area contributed by atoms with Crippen LogP contribution in [-0.4, -0.2) is 51.1 Å². The number of hydrogen-bond acceptors (Lipinski definition) is 5. The number of fused-ring (bicyclic) bond motifs is 2. The largest absolute Gasteiger partial charge is 0.454 e. The molecule has 1 saturated carbocycles. The number of carbonyl (C=O) groups is 2. The van der Waals surface area contributed by atoms with Crippen molar-refractivity contribution >= 4 is 23.6 Å². The highest BCUT2D eigenvalue weighted by molar-refractivity contribution is 8.01. The summed E-state index contributed by atoms with van der Waals surface area (Å²) < 4.78 is 10.9. The molecule has 0 radical (unpaired) electrons. The van der Waals surface area contributed by atoms with Crippen LogP contribution in [0.15, 0.2) is 18.2 Å². The molecule has 2 amide bonds. The number of carbonyl (C=O) groups excluding carboxylic acids is 2. The van der Waals surface area contributed by atoms with E-state index in [0.717, 1.165) is 49.2 Å². The summed E-state index contributed by atoms with van der Waals surface area (Å²) in [5, 5.41) is 0. The molecule has 4 aliphatic rings. The quantitative estimate of drug-likeness (QED) is 0.774. The lowest BCUT2D eigenvalue weighted by molar-refractivity contribution is -0.145. The van der Waals surface area contributed by atoms with E-state index in [1.54, 1.807) is 11.8 Å². The van der Waals surface area contributed by atoms with Gasteiger partial charge in [0.15, 0.2) is 11.5 Å². The van der Waals surface area contributed by atoms with Gasteiger partial charge in [-0.2, -0.15) is 0 Å². The van der Waals surface area contributed by atoms with Crippen LogP contribution < -0.4 is 9.47 Å². The van der Waals surface area contributed by atoms with E-state index in [0.29, 0.717) is 18.7 Å². The Balaban J connectivity index is 1.41. The van der Waals surface area contributed by atoms with E-state index in [1.807, 2.05) is 28.0 Å². The summed E-state index contributed by atoms with van der Waals surface area (Å²) in [5.41, 5.74) is 1.05. The molecule has 2 atom stereocenters. The second-order valence-electron chi connectivity index (χ2n) is 8.36. The van der Waals surface area contributed by atoms with Gasteiger partial charge < -0.3 is 19.3 Å². The average molecular weight is 403 g/mol. The third-order valence-corrected chi connectivity index (χ3v) is 8.07. The normalized spacial score (nSPS) is 28.8. The topological polar surface area (TPSA) is 59.1 Å². The fraction of sp³-hybridized carbons (Fsp3) is 0.619. The fourth-order valence-corrected chi connectivity index (χ4v) is 6.46. The van der Waals surface area contributed by atoms with E-state index in [1.165, 1.54) is 0 Å². The van der Waals surface area contributed by atoms with E-state index in [9.17, 15) is 9.59 Å². The van der Waals surface area contributed by atoms with E-state index >= 15 is 0 Å². The maximum absolute atomic E-state index is 13.7. The van der Waals surface area contributed by atoms with Gasteiger partial charge in [0.2, 0.25) is 18.6 Å². The standard InChI is InChI=1S/C21H26N2O4S/c1-21-9-8-19(24)23(21)16(12-28-21)20(25)22(15-4-2-3-5-15)11-14-6-7-17-18(10-14)27-13-26-17/h6-7,10,15-16H,2-5,8-9,11-13H2,1H3/t16-,21-/m1/s1. The van der Waals surface area contributed by atoms with Gasteiger partial charge in [0.05, 0.1) is 4.87 Å². The molecule has 0 bridgehead atoms. The second kappa shape index (κ2) is 6.87. The van der Waals surface area contributed by atoms with Crippen LogP contribution >= 0.6 is 11.8 Å². The molecule has 6 nitrogen and oxygen atoms in total. The first kappa shape index (κ1) is 18.2. The van der Waals surface area contributed by atoms with Gasteiger partial charge in [-0.1, -0.05) is 18.9 Å². The van der Waals surface area contributed by atoms with Gasteiger partial charge in [-0.3, -0.25) is 9.59 Å². The minimum atomic E-state index is -0.334. The Kier molecular flexibility index (Phi) is 4.45. The van der Waals surface area contributed by atoms with E-state index < -0.39 is 0 Å². The van der Waals surface area contributed by atoms with Crippen LogP contribution in [0.2, 0.25) is 0 Å². The summed E-state index contributed by atoms with van der Waals surface area (Å²) in [7, 11) is 0. The van der Waals surface area contributed by atoms with Crippen LogP contribution in [0.5, 0.6) is 11.5 Å². The van der Waals surface area contributed by atoms with Gasteiger partial charge in [0, 0.05) is 24.8 Å². The third kappa shape index (κ3) is 2.95. The molecule has 1 aromatic carbocycles. The summed E-state index contributed by atoms with van der Waals surface area (Å²) in [4.78, 5) is 29.9. The number of hydrogen-bond donors (Lipinski definition) is 0. The number of benzene rings is 1. The van der Waals surface area contributed by atoms with Gasteiger partial charge in [-0.05, 0) is 43.9 Å². The van der Waals surface area contributed by atoms with Crippen molar-refractivity contribution in [2.24, 2.45) is 0 Å². The van der Waals surface area contributed by atoms with Crippen LogP contribution in [0.4, 0.5) is 0 Å². The molecule has 28 heavy (non-hydrogen) atoms. The van der Waals surface area contributed by atoms with Crippen molar-refractivity contribution in [1.29, 1.82) is 0 Å². The molecule has 0 aromatic heterocycles. The average Bonchev–Trinajstić information content (AvgIpc) is 3.45. The molecule has 0 N–H and O–H groups in total. The van der Waals surface area contributed by atoms with E-state index in [4.69, 9.17) is 9.47 Å². The highest BCUT2D eigenvalue weighted by atomic mass is 32.2. The zero-order valence-corrected chi connectivity index (χ0v) is 17.0. The Morgan fingerprint density at radius 2 is 2.07 bits per heavy atom. The Labute approximate surface area is 169 Å². The Hall–Kier alpha value is -1.89. The van der Waals surface area contributed by atoms with Crippen molar-refractivity contribution in [2.75, 3.05) is 12.5 Å². The number of nitrogens with zero attached hydrogens (tertiary/aromatic N) is 2. The Morgan fingerprint density at radius 1 is 1.29 bits per heavy atom. The molecule has 0 spiro atoms. The molecule has 150 valence electrons. The van der Waals surface area contributed by atoms with E-state index in [2.05, 4.69) is 6.92 Å². The maximum atomic E-state index is 13.7. The van der Waals surface area contributed by atoms with Crippen molar-refractivity contribution in [3.63, 3.8) is 0 Å². The molecule has 0 unspecified atom stereocenters. The van der Waals surface area contributed by atoms with Crippen LogP contribution in [0.25, 0.3) is 0 Å². The summed E-state index contributed by atoms with van der Waals surface area (Å²) in [5.74, 6) is 2.44. The summed E-state index contributed by atoms with van der Waals surface area (Å²) in [6, 6.07) is 5.83. The van der Waals surface area contributed by atoms with Crippen LogP contribution in [0.3, 0.4) is 0 Å². The van der Waals surface area contributed by atoms with Crippen LogP contribution in [0.1, 0.15) is 51.0 Å². The number of amides is 2. The number of ether oxygens (including phenoxy) is 2. The molecular formula is C21H26N2O4S. The minimum Gasteiger partial charge on any atom is -0.454 e. The van der Waals surface area contributed by atoms with Crippen LogP contribution in [-0.2, 0) is 16.1 Å². The van der Waals surface area contributed by atoms with Crippen molar-refractivity contribution in [3.05, 3.63) is 23.8 Å². The van der Waals surface area contributed by atoms with Crippen molar-refractivity contribution < 1.29 is 19.1 Å². The first-order valence-corrected chi connectivity index (χ1v) is 11.2. The lowest BCUT2D eigenvalue weighted by Gasteiger charge is -2.36. The number of thioether (sulfide) groups is 1. The van der Waals surface area contributed by atoms with Gasteiger partial charge in [0.1, 0.15) is 6.04 Å². The maximum Gasteiger partial charge on any atom is 0.246 e. The lowest BCUT2D eigenvalue weighted by Crippen LogP contribution is -2.53. The van der Waals surface area contributed by atoms with E-state index in [-0.39, 0.29) is 35.6 Å². The smallest absolute Gasteiger partial charge is 0.246 e. The van der Waals surface area contributed by atoms with Crippen LogP contribution in [0, 0.1) is 0 Å². The van der Waals surface area contributed by atoms with Gasteiger partial charge in [0.25, 0.3) is 0 Å². The zero-order valence-electron chi connectivity index (χ0n) is 16.2. The molecule has 5 rings (SSSR count). The molecule has 7 heteroatoms. The summed E-state index contributed by atoms with van der Waals surface area (Å²) >= 11 is 1.76. The first-order chi connectivity index (χ1) is 13.5. The Bertz CT molecular complexity index is 810. The monoisotopic (exact) mass is 402 g/mol. The molecule has 1 aliphatic carbocycles. The SMILES string of the molecule is C[C@@]12CCC(=O)N1[C@@H](C(=O)N(Cc1ccc3c(c1)OCO3)C1CCCC1)CS2. The van der Waals surface area contributed by atoms with Crippen molar-refractivity contribution in [3.8, 4) is 11.5 Å². The molecule has 1 aromatic rings. The summed E-state index contributed by atoms with van der Waals surface area (Å²) in [6.07, 6.45) is 5.80. The molecule has 3 fully saturated rings. The zero-order chi connectivity index (χ0) is 19.3. The van der Waals surface area contributed by atoms with Gasteiger partial charge >= 0.3 is 0 Å². The first-order valence-electron chi connectivity index (χ1n) is 10.2. The Morgan fingerprint density at radius 3 is 2.89 bits per heavy atom. The highest BCUT2D eigenvalue weighted by Crippen LogP contribution is 2.48. The summed E-state index contributed by atoms with van der Waals surface area (Å²) in [6.45, 7) is 2.91. The highest BCUT2D eigenvalue weighted by Gasteiger charge is 2.54. The third-order valence-electron chi connectivity index (χ3n) is 6.57. The lowest BCUT2D eigenvalue weighted by atomic mass is 10.1. The van der Waals surface area contributed by atoms with Crippen molar-refractivity contribution in [1.82, 2.24) is 9.80 Å². The predicted molar refractivity (Wildman–Crippen MR) is 106 cm³/mol. The number of rotatable bonds is 4.